The lowest BCUT2D eigenvalue weighted by atomic mass is 9.81. The number of halogens is 1. The molecule has 3 N–H and O–H groups in total. The summed E-state index contributed by atoms with van der Waals surface area (Å²) in [7, 11) is 0. The van der Waals surface area contributed by atoms with E-state index in [1.807, 2.05) is 33.8 Å². The van der Waals surface area contributed by atoms with Gasteiger partial charge in [0.25, 0.3) is 17.3 Å². The second kappa shape index (κ2) is 9.74. The fraction of sp³-hybridized carbons (Fsp3) is 0.538. The normalized spacial score (nSPS) is 23.7. The molecule has 1 unspecified atom stereocenters. The summed E-state index contributed by atoms with van der Waals surface area (Å²) in [5, 5.41) is 6.44. The fourth-order valence-electron chi connectivity index (χ4n) is 5.22. The molecule has 34 heavy (non-hydrogen) atoms. The van der Waals surface area contributed by atoms with Gasteiger partial charge in [-0.25, -0.2) is 0 Å². The second-order valence-electron chi connectivity index (χ2n) is 9.64. The molecule has 2 heterocycles. The van der Waals surface area contributed by atoms with E-state index in [1.54, 1.807) is 6.07 Å². The zero-order valence-electron chi connectivity index (χ0n) is 20.6. The van der Waals surface area contributed by atoms with Crippen LogP contribution in [0.15, 0.2) is 21.4 Å². The number of ether oxygens (including phenoxy) is 2. The summed E-state index contributed by atoms with van der Waals surface area (Å²) in [5.41, 5.74) is 3.25. The van der Waals surface area contributed by atoms with E-state index in [0.717, 1.165) is 49.0 Å². The van der Waals surface area contributed by atoms with Crippen molar-refractivity contribution in [3.63, 3.8) is 0 Å². The Kier molecular flexibility index (Phi) is 7.10. The van der Waals surface area contributed by atoms with Gasteiger partial charge < -0.3 is 25.1 Å². The first-order chi connectivity index (χ1) is 16.1. The van der Waals surface area contributed by atoms with Crippen molar-refractivity contribution < 1.29 is 14.3 Å². The zero-order valence-corrected chi connectivity index (χ0v) is 22.1. The number of fused-ring (bicyclic) bond motifs is 1. The molecule has 1 fully saturated rings. The van der Waals surface area contributed by atoms with Crippen LogP contribution < -0.4 is 25.7 Å². The van der Waals surface area contributed by atoms with E-state index in [4.69, 9.17) is 9.47 Å². The molecule has 1 aromatic carbocycles. The highest BCUT2D eigenvalue weighted by molar-refractivity contribution is 9.10. The number of aromatic amines is 1. The van der Waals surface area contributed by atoms with E-state index in [1.165, 1.54) is 0 Å². The van der Waals surface area contributed by atoms with Crippen molar-refractivity contribution >= 4 is 21.8 Å². The van der Waals surface area contributed by atoms with Crippen LogP contribution in [0.4, 0.5) is 0 Å². The number of amides is 1. The highest BCUT2D eigenvalue weighted by Crippen LogP contribution is 2.51. The molecule has 0 spiro atoms. The van der Waals surface area contributed by atoms with Gasteiger partial charge in [0.2, 0.25) is 0 Å². The Balaban J connectivity index is 1.51. The van der Waals surface area contributed by atoms with Gasteiger partial charge in [0.15, 0.2) is 11.5 Å². The Morgan fingerprint density at radius 2 is 1.82 bits per heavy atom. The van der Waals surface area contributed by atoms with Crippen LogP contribution in [0.25, 0.3) is 0 Å². The number of benzene rings is 1. The average molecular weight is 532 g/mol. The SMILES string of the molecule is CCN[C@H]1CC[C@H](C2(C)Oc3c(Br)cc(C(=O)NCc4c(C)cc(C)[nH]c4=O)c(C)c3O2)CC1. The van der Waals surface area contributed by atoms with Crippen LogP contribution >= 0.6 is 15.9 Å². The maximum absolute atomic E-state index is 13.1. The number of H-pyrrole nitrogens is 1. The number of carbonyl (C=O) groups is 1. The predicted octanol–water partition coefficient (Wildman–Crippen LogP) is 4.65. The zero-order chi connectivity index (χ0) is 24.6. The van der Waals surface area contributed by atoms with Crippen molar-refractivity contribution in [2.45, 2.75) is 78.7 Å². The summed E-state index contributed by atoms with van der Waals surface area (Å²) >= 11 is 3.58. The Morgan fingerprint density at radius 3 is 2.47 bits per heavy atom. The maximum Gasteiger partial charge on any atom is 0.253 e. The van der Waals surface area contributed by atoms with E-state index in [9.17, 15) is 9.59 Å². The molecule has 0 radical (unpaired) electrons. The van der Waals surface area contributed by atoms with Crippen LogP contribution in [0.1, 0.15) is 72.3 Å². The molecule has 4 rings (SSSR count). The molecule has 1 amide bonds. The van der Waals surface area contributed by atoms with Crippen molar-refractivity contribution in [1.29, 1.82) is 0 Å². The van der Waals surface area contributed by atoms with Crippen LogP contribution in [0, 0.1) is 26.7 Å². The highest BCUT2D eigenvalue weighted by atomic mass is 79.9. The monoisotopic (exact) mass is 531 g/mol. The topological polar surface area (TPSA) is 92.5 Å². The van der Waals surface area contributed by atoms with Crippen LogP contribution in [-0.4, -0.2) is 29.3 Å². The van der Waals surface area contributed by atoms with Crippen molar-refractivity contribution in [3.8, 4) is 11.5 Å². The summed E-state index contributed by atoms with van der Waals surface area (Å²) in [5.74, 6) is 0.517. The maximum atomic E-state index is 13.1. The standard InChI is InChI=1S/C26H34BrN3O4/c1-6-28-18-9-7-17(8-10-18)26(5)33-22-16(4)19(12-21(27)23(22)34-26)24(31)29-13-20-14(2)11-15(3)30-25(20)32/h11-12,17-18,28H,6-10,13H2,1-5H3,(H,29,31)(H,30,32)/t17-,18-,26?. The molecule has 1 saturated carbocycles. The van der Waals surface area contributed by atoms with Gasteiger partial charge in [-0.05, 0) is 86.6 Å². The van der Waals surface area contributed by atoms with Crippen molar-refractivity contribution in [3.05, 3.63) is 54.9 Å². The Bertz CT molecular complexity index is 1150. The van der Waals surface area contributed by atoms with Gasteiger partial charge in [0.05, 0.1) is 4.47 Å². The van der Waals surface area contributed by atoms with Crippen LogP contribution in [0.2, 0.25) is 0 Å². The number of hydrogen-bond donors (Lipinski definition) is 3. The molecule has 1 atom stereocenters. The van der Waals surface area contributed by atoms with Crippen LogP contribution in [0.5, 0.6) is 11.5 Å². The van der Waals surface area contributed by atoms with Crippen molar-refractivity contribution in [1.82, 2.24) is 15.6 Å². The molecule has 0 bridgehead atoms. The molecule has 184 valence electrons. The Labute approximate surface area is 209 Å². The molecule has 2 aliphatic rings. The molecule has 1 aliphatic heterocycles. The number of pyridine rings is 1. The molecular weight excluding hydrogens is 498 g/mol. The largest absolute Gasteiger partial charge is 0.448 e. The fourth-order valence-corrected chi connectivity index (χ4v) is 5.71. The summed E-state index contributed by atoms with van der Waals surface area (Å²) in [6, 6.07) is 4.23. The number of nitrogens with one attached hydrogen (secondary N) is 3. The number of aryl methyl sites for hydroxylation is 2. The first kappa shape index (κ1) is 24.8. The molecule has 2 aromatic rings. The van der Waals surface area contributed by atoms with Gasteiger partial charge in [0, 0.05) is 47.8 Å². The number of carbonyl (C=O) groups excluding carboxylic acids is 1. The Morgan fingerprint density at radius 1 is 1.15 bits per heavy atom. The van der Waals surface area contributed by atoms with Crippen molar-refractivity contribution in [2.75, 3.05) is 6.54 Å². The van der Waals surface area contributed by atoms with E-state index in [0.29, 0.717) is 33.1 Å². The van der Waals surface area contributed by atoms with Gasteiger partial charge in [-0.15, -0.1) is 0 Å². The first-order valence-corrected chi connectivity index (χ1v) is 12.8. The quantitative estimate of drug-likeness (QED) is 0.504. The molecule has 8 heteroatoms. The minimum absolute atomic E-state index is 0.151. The van der Waals surface area contributed by atoms with Crippen LogP contribution in [0.3, 0.4) is 0 Å². The lowest BCUT2D eigenvalue weighted by Gasteiger charge is -2.37. The summed E-state index contributed by atoms with van der Waals surface area (Å²) in [6.45, 7) is 10.9. The summed E-state index contributed by atoms with van der Waals surface area (Å²) in [6.07, 6.45) is 4.25. The van der Waals surface area contributed by atoms with E-state index >= 15 is 0 Å². The number of hydrogen-bond acceptors (Lipinski definition) is 5. The predicted molar refractivity (Wildman–Crippen MR) is 136 cm³/mol. The Hall–Kier alpha value is -2.32. The van der Waals surface area contributed by atoms with E-state index in [-0.39, 0.29) is 23.9 Å². The second-order valence-corrected chi connectivity index (χ2v) is 10.5. The van der Waals surface area contributed by atoms with Gasteiger partial charge in [0.1, 0.15) is 0 Å². The minimum atomic E-state index is -0.756. The lowest BCUT2D eigenvalue weighted by molar-refractivity contribution is -0.121. The van der Waals surface area contributed by atoms with Gasteiger partial charge >= 0.3 is 0 Å². The number of aromatic nitrogens is 1. The average Bonchev–Trinajstić information content (AvgIpc) is 3.16. The van der Waals surface area contributed by atoms with Gasteiger partial charge in [-0.2, -0.15) is 0 Å². The summed E-state index contributed by atoms with van der Waals surface area (Å²) in [4.78, 5) is 28.2. The van der Waals surface area contributed by atoms with E-state index in [2.05, 4.69) is 38.5 Å². The third kappa shape index (κ3) is 4.75. The van der Waals surface area contributed by atoms with Gasteiger partial charge in [-0.1, -0.05) is 6.92 Å². The third-order valence-corrected chi connectivity index (χ3v) is 7.76. The minimum Gasteiger partial charge on any atom is -0.448 e. The first-order valence-electron chi connectivity index (χ1n) is 12.0. The number of rotatable bonds is 6. The van der Waals surface area contributed by atoms with Gasteiger partial charge in [-0.3, -0.25) is 9.59 Å². The smallest absolute Gasteiger partial charge is 0.253 e. The lowest BCUT2D eigenvalue weighted by Crippen LogP contribution is -2.46. The highest BCUT2D eigenvalue weighted by Gasteiger charge is 2.47. The summed E-state index contributed by atoms with van der Waals surface area (Å²) < 4.78 is 13.5. The third-order valence-electron chi connectivity index (χ3n) is 7.17. The van der Waals surface area contributed by atoms with E-state index < -0.39 is 5.79 Å². The van der Waals surface area contributed by atoms with Crippen LogP contribution in [-0.2, 0) is 6.54 Å². The molecule has 1 aliphatic carbocycles. The van der Waals surface area contributed by atoms with Crippen molar-refractivity contribution in [2.24, 2.45) is 5.92 Å². The molecule has 1 aromatic heterocycles. The molecule has 7 nitrogen and oxygen atoms in total. The molecular formula is C26H34BrN3O4. The molecule has 0 saturated heterocycles.